The van der Waals surface area contributed by atoms with Gasteiger partial charge in [-0.25, -0.2) is 0 Å². The van der Waals surface area contributed by atoms with Gasteiger partial charge in [-0.1, -0.05) is 39.5 Å². The summed E-state index contributed by atoms with van der Waals surface area (Å²) in [6, 6.07) is 5.76. The molecule has 0 aliphatic rings. The highest BCUT2D eigenvalue weighted by atomic mass is 16.5. The van der Waals surface area contributed by atoms with Crippen molar-refractivity contribution in [2.75, 3.05) is 6.61 Å². The highest BCUT2D eigenvalue weighted by molar-refractivity contribution is 5.96. The fourth-order valence-electron chi connectivity index (χ4n) is 2.20. The molecule has 0 saturated carbocycles. The van der Waals surface area contributed by atoms with Crippen LogP contribution >= 0.6 is 0 Å². The first-order valence-corrected chi connectivity index (χ1v) is 8.33. The van der Waals surface area contributed by atoms with E-state index in [2.05, 4.69) is 12.2 Å². The Hall–Kier alpha value is -2.04. The van der Waals surface area contributed by atoms with E-state index in [-0.39, 0.29) is 0 Å². The van der Waals surface area contributed by atoms with E-state index in [1.54, 1.807) is 24.3 Å². The van der Waals surface area contributed by atoms with E-state index in [1.807, 2.05) is 6.92 Å². The van der Waals surface area contributed by atoms with Gasteiger partial charge in [-0.15, -0.1) is 0 Å². The Bertz CT molecular complexity index is 484. The third-order valence-electron chi connectivity index (χ3n) is 3.55. The number of carbonyl (C=O) groups excluding carboxylic acids is 2. The average Bonchev–Trinajstić information content (AvgIpc) is 2.54. The van der Waals surface area contributed by atoms with E-state index in [1.165, 1.54) is 12.8 Å². The summed E-state index contributed by atoms with van der Waals surface area (Å²) >= 11 is 0. The number of hydrogen-bond donors (Lipinski definition) is 1. The monoisotopic (exact) mass is 320 g/mol. The van der Waals surface area contributed by atoms with Gasteiger partial charge in [0.15, 0.2) is 0 Å². The molecule has 0 bridgehead atoms. The van der Waals surface area contributed by atoms with Crippen LogP contribution in [0.15, 0.2) is 24.3 Å². The van der Waals surface area contributed by atoms with Crippen molar-refractivity contribution >= 4 is 11.9 Å². The van der Waals surface area contributed by atoms with Crippen LogP contribution in [0.25, 0.3) is 0 Å². The Morgan fingerprint density at radius 1 is 1.09 bits per heavy atom. The second-order valence-corrected chi connectivity index (χ2v) is 5.57. The van der Waals surface area contributed by atoms with Crippen molar-refractivity contribution in [3.8, 4) is 5.75 Å². The molecule has 0 aliphatic heterocycles. The van der Waals surface area contributed by atoms with Crippen LogP contribution < -0.4 is 15.2 Å². The van der Waals surface area contributed by atoms with Crippen molar-refractivity contribution in [2.24, 2.45) is 0 Å². The van der Waals surface area contributed by atoms with Crippen molar-refractivity contribution in [1.29, 1.82) is 0 Å². The molecule has 128 valence electrons. The van der Waals surface area contributed by atoms with Gasteiger partial charge in [-0.05, 0) is 37.1 Å². The van der Waals surface area contributed by atoms with Gasteiger partial charge in [-0.2, -0.15) is 0 Å². The largest absolute Gasteiger partial charge is 0.548 e. The molecule has 0 radical (unpaired) electrons. The molecule has 0 fully saturated rings. The number of carbonyl (C=O) groups is 2. The van der Waals surface area contributed by atoms with Crippen LogP contribution in [0.2, 0.25) is 0 Å². The number of nitrogens with one attached hydrogen (secondary N) is 1. The Labute approximate surface area is 138 Å². The van der Waals surface area contributed by atoms with E-state index in [0.29, 0.717) is 30.8 Å². The Morgan fingerprint density at radius 2 is 1.78 bits per heavy atom. The minimum absolute atomic E-state index is 0.354. The van der Waals surface area contributed by atoms with E-state index >= 15 is 0 Å². The van der Waals surface area contributed by atoms with Gasteiger partial charge >= 0.3 is 0 Å². The van der Waals surface area contributed by atoms with Crippen LogP contribution in [0.4, 0.5) is 0 Å². The number of ether oxygens (including phenoxy) is 1. The molecule has 5 nitrogen and oxygen atoms in total. The van der Waals surface area contributed by atoms with E-state index < -0.39 is 17.9 Å². The molecule has 1 aromatic carbocycles. The normalized spacial score (nSPS) is 11.7. The predicted octanol–water partition coefficient (Wildman–Crippen LogP) is 2.29. The predicted molar refractivity (Wildman–Crippen MR) is 87.2 cm³/mol. The number of carboxylic acids is 1. The number of carboxylic acid groups (broad SMARTS) is 1. The number of amides is 1. The quantitative estimate of drug-likeness (QED) is 0.635. The zero-order valence-electron chi connectivity index (χ0n) is 14.0. The maximum Gasteiger partial charge on any atom is 0.251 e. The summed E-state index contributed by atoms with van der Waals surface area (Å²) < 4.78 is 5.61. The summed E-state index contributed by atoms with van der Waals surface area (Å²) in [7, 11) is 0. The van der Waals surface area contributed by atoms with Gasteiger partial charge in [0.1, 0.15) is 5.75 Å². The second kappa shape index (κ2) is 10.6. The molecule has 1 amide bonds. The summed E-state index contributed by atoms with van der Waals surface area (Å²) in [5.41, 5.74) is 0.408. The molecule has 23 heavy (non-hydrogen) atoms. The molecule has 0 heterocycles. The number of benzene rings is 1. The summed E-state index contributed by atoms with van der Waals surface area (Å²) in [4.78, 5) is 23.0. The first kappa shape index (κ1) is 19.0. The van der Waals surface area contributed by atoms with Gasteiger partial charge in [0.2, 0.25) is 0 Å². The van der Waals surface area contributed by atoms with E-state index in [4.69, 9.17) is 4.74 Å². The molecule has 0 unspecified atom stereocenters. The van der Waals surface area contributed by atoms with Crippen LogP contribution in [0, 0.1) is 0 Å². The lowest BCUT2D eigenvalue weighted by Gasteiger charge is -2.19. The lowest BCUT2D eigenvalue weighted by atomic mass is 10.1. The van der Waals surface area contributed by atoms with E-state index in [0.717, 1.165) is 12.8 Å². The van der Waals surface area contributed by atoms with Crippen molar-refractivity contribution < 1.29 is 19.4 Å². The third kappa shape index (κ3) is 7.17. The fourth-order valence-corrected chi connectivity index (χ4v) is 2.20. The molecule has 0 saturated heterocycles. The smallest absolute Gasteiger partial charge is 0.251 e. The average molecular weight is 320 g/mol. The van der Waals surface area contributed by atoms with Crippen molar-refractivity contribution in [3.63, 3.8) is 0 Å². The molecular formula is C18H26NO4-. The number of rotatable bonds is 11. The molecule has 1 atom stereocenters. The minimum atomic E-state index is -1.26. The standard InChI is InChI=1S/C18H27NO4/c1-3-5-6-7-13-23-15-11-9-14(10-12-15)17(20)19-16(8-4-2)18(21)22/h9-12,16H,3-8,13H2,1-2H3,(H,19,20)(H,21,22)/p-1/t16-/m0/s1. The molecule has 1 rings (SSSR count). The Balaban J connectivity index is 2.48. The van der Waals surface area contributed by atoms with Gasteiger partial charge in [0.25, 0.3) is 5.91 Å². The van der Waals surface area contributed by atoms with Crippen LogP contribution in [-0.4, -0.2) is 24.5 Å². The second-order valence-electron chi connectivity index (χ2n) is 5.57. The summed E-state index contributed by atoms with van der Waals surface area (Å²) in [5, 5.41) is 13.4. The number of aliphatic carboxylic acids is 1. The molecule has 0 aromatic heterocycles. The Morgan fingerprint density at radius 3 is 2.35 bits per heavy atom. The summed E-state index contributed by atoms with van der Waals surface area (Å²) in [6.07, 6.45) is 5.57. The summed E-state index contributed by atoms with van der Waals surface area (Å²) in [6.45, 7) is 4.68. The summed E-state index contributed by atoms with van der Waals surface area (Å²) in [5.74, 6) is -0.961. The molecular weight excluding hydrogens is 294 g/mol. The van der Waals surface area contributed by atoms with Gasteiger partial charge < -0.3 is 20.0 Å². The molecule has 0 aliphatic carbocycles. The minimum Gasteiger partial charge on any atom is -0.548 e. The molecule has 0 spiro atoms. The first-order chi connectivity index (χ1) is 11.1. The Kier molecular flexibility index (Phi) is 8.80. The molecule has 5 heteroatoms. The highest BCUT2D eigenvalue weighted by Gasteiger charge is 2.14. The maximum atomic E-state index is 12.0. The first-order valence-electron chi connectivity index (χ1n) is 8.33. The lowest BCUT2D eigenvalue weighted by Crippen LogP contribution is -2.47. The maximum absolute atomic E-state index is 12.0. The van der Waals surface area contributed by atoms with Crippen LogP contribution in [0.3, 0.4) is 0 Å². The fraction of sp³-hybridized carbons (Fsp3) is 0.556. The SMILES string of the molecule is CCCCCCOc1ccc(C(=O)N[C@@H](CCC)C(=O)[O-])cc1. The lowest BCUT2D eigenvalue weighted by molar-refractivity contribution is -0.308. The van der Waals surface area contributed by atoms with Gasteiger partial charge in [0.05, 0.1) is 18.6 Å². The number of hydrogen-bond acceptors (Lipinski definition) is 4. The van der Waals surface area contributed by atoms with Crippen molar-refractivity contribution in [3.05, 3.63) is 29.8 Å². The molecule has 1 aromatic rings. The van der Waals surface area contributed by atoms with E-state index in [9.17, 15) is 14.7 Å². The zero-order valence-corrected chi connectivity index (χ0v) is 14.0. The zero-order chi connectivity index (χ0) is 17.1. The van der Waals surface area contributed by atoms with Gasteiger partial charge in [0, 0.05) is 5.56 Å². The van der Waals surface area contributed by atoms with Crippen LogP contribution in [0.1, 0.15) is 62.7 Å². The number of unbranched alkanes of at least 4 members (excludes halogenated alkanes) is 3. The highest BCUT2D eigenvalue weighted by Crippen LogP contribution is 2.13. The van der Waals surface area contributed by atoms with Crippen molar-refractivity contribution in [2.45, 2.75) is 58.4 Å². The van der Waals surface area contributed by atoms with Gasteiger partial charge in [-0.3, -0.25) is 4.79 Å². The third-order valence-corrected chi connectivity index (χ3v) is 3.55. The van der Waals surface area contributed by atoms with Crippen molar-refractivity contribution in [1.82, 2.24) is 5.32 Å². The molecule has 1 N–H and O–H groups in total. The topological polar surface area (TPSA) is 78.5 Å². The van der Waals surface area contributed by atoms with Crippen LogP contribution in [-0.2, 0) is 4.79 Å². The van der Waals surface area contributed by atoms with Crippen LogP contribution in [0.5, 0.6) is 5.75 Å².